The van der Waals surface area contributed by atoms with Crippen molar-refractivity contribution in [1.82, 2.24) is 10.3 Å². The molecule has 2 N–H and O–H groups in total. The van der Waals surface area contributed by atoms with E-state index in [1.165, 1.54) is 18.5 Å². The van der Waals surface area contributed by atoms with E-state index in [9.17, 15) is 9.90 Å². The van der Waals surface area contributed by atoms with Gasteiger partial charge in [0.2, 0.25) is 0 Å². The summed E-state index contributed by atoms with van der Waals surface area (Å²) in [6.45, 7) is 1.78. The summed E-state index contributed by atoms with van der Waals surface area (Å²) >= 11 is 5.53. The molecule has 0 radical (unpaired) electrons. The maximum atomic E-state index is 11.5. The molecule has 1 rings (SSSR count). The maximum Gasteiger partial charge on any atom is 0.255 e. The number of hydrogen-bond donors (Lipinski definition) is 2. The Hall–Kier alpha value is -1.29. The summed E-state index contributed by atoms with van der Waals surface area (Å²) in [6, 6.07) is 1.32. The zero-order valence-electron chi connectivity index (χ0n) is 7.70. The first-order chi connectivity index (χ1) is 6.65. The van der Waals surface area contributed by atoms with E-state index in [0.29, 0.717) is 5.88 Å². The Morgan fingerprint density at radius 1 is 1.79 bits per heavy atom. The van der Waals surface area contributed by atoms with Crippen LogP contribution in [0.4, 0.5) is 0 Å². The first-order valence-electron chi connectivity index (χ1n) is 4.15. The van der Waals surface area contributed by atoms with Gasteiger partial charge in [-0.1, -0.05) is 0 Å². The molecule has 0 aliphatic carbocycles. The van der Waals surface area contributed by atoms with Crippen LogP contribution in [0.15, 0.2) is 18.5 Å². The summed E-state index contributed by atoms with van der Waals surface area (Å²) in [5.74, 6) is -0.151. The molecule has 1 aromatic rings. The van der Waals surface area contributed by atoms with Gasteiger partial charge in [0, 0.05) is 18.1 Å². The first kappa shape index (κ1) is 10.8. The van der Waals surface area contributed by atoms with Crippen LogP contribution < -0.4 is 5.32 Å². The largest absolute Gasteiger partial charge is 0.505 e. The lowest BCUT2D eigenvalue weighted by atomic mass is 10.2. The number of carbonyl (C=O) groups excluding carboxylic acids is 1. The normalized spacial score (nSPS) is 12.1. The topological polar surface area (TPSA) is 62.2 Å². The Bertz CT molecular complexity index is 330. The molecule has 1 amide bonds. The first-order valence-corrected chi connectivity index (χ1v) is 4.68. The third-order valence-corrected chi connectivity index (χ3v) is 2.12. The quantitative estimate of drug-likeness (QED) is 0.742. The molecule has 76 valence electrons. The number of nitrogens with one attached hydrogen (secondary N) is 1. The van der Waals surface area contributed by atoms with Gasteiger partial charge in [-0.15, -0.1) is 11.6 Å². The summed E-state index contributed by atoms with van der Waals surface area (Å²) in [6.07, 6.45) is 2.67. The van der Waals surface area contributed by atoms with Crippen LogP contribution in [0.2, 0.25) is 0 Å². The Labute approximate surface area is 86.9 Å². The van der Waals surface area contributed by atoms with E-state index in [0.717, 1.165) is 0 Å². The van der Waals surface area contributed by atoms with E-state index in [1.54, 1.807) is 6.92 Å². The number of amides is 1. The van der Waals surface area contributed by atoms with E-state index >= 15 is 0 Å². The Morgan fingerprint density at radius 2 is 2.50 bits per heavy atom. The van der Waals surface area contributed by atoms with Crippen molar-refractivity contribution < 1.29 is 9.90 Å². The third kappa shape index (κ3) is 2.60. The Balaban J connectivity index is 2.75. The average molecular weight is 215 g/mol. The fourth-order valence-corrected chi connectivity index (χ4v) is 0.995. The zero-order valence-corrected chi connectivity index (χ0v) is 8.45. The minimum absolute atomic E-state index is 0.128. The van der Waals surface area contributed by atoms with Gasteiger partial charge in [0.1, 0.15) is 5.75 Å². The van der Waals surface area contributed by atoms with Gasteiger partial charge in [-0.2, -0.15) is 0 Å². The van der Waals surface area contributed by atoms with E-state index in [-0.39, 0.29) is 23.3 Å². The number of aromatic nitrogens is 1. The molecule has 0 aliphatic heterocycles. The van der Waals surface area contributed by atoms with Crippen LogP contribution >= 0.6 is 11.6 Å². The van der Waals surface area contributed by atoms with Crippen LogP contribution in [0, 0.1) is 0 Å². The highest BCUT2D eigenvalue weighted by atomic mass is 35.5. The highest BCUT2D eigenvalue weighted by molar-refractivity contribution is 6.18. The number of rotatable bonds is 3. The zero-order chi connectivity index (χ0) is 10.6. The molecule has 1 atom stereocenters. The second-order valence-electron chi connectivity index (χ2n) is 2.92. The molecule has 4 nitrogen and oxygen atoms in total. The van der Waals surface area contributed by atoms with Crippen LogP contribution in [0.25, 0.3) is 0 Å². The molecule has 1 unspecified atom stereocenters. The van der Waals surface area contributed by atoms with Gasteiger partial charge >= 0.3 is 0 Å². The standard InChI is InChI=1S/C9H11ClN2O2/c1-6(4-10)12-9(14)7-2-3-11-5-8(7)13/h2-3,5-6,13H,4H2,1H3,(H,12,14). The number of nitrogens with zero attached hydrogens (tertiary/aromatic N) is 1. The molecular formula is C9H11ClN2O2. The van der Waals surface area contributed by atoms with E-state index in [2.05, 4.69) is 10.3 Å². The predicted octanol–water partition coefficient (Wildman–Crippen LogP) is 1.14. The van der Waals surface area contributed by atoms with Crippen molar-refractivity contribution in [2.24, 2.45) is 0 Å². The molecule has 0 aromatic carbocycles. The minimum atomic E-state index is -0.349. The summed E-state index contributed by atoms with van der Waals surface area (Å²) < 4.78 is 0. The molecule has 0 spiro atoms. The lowest BCUT2D eigenvalue weighted by molar-refractivity contribution is 0.0940. The summed E-state index contributed by atoms with van der Waals surface area (Å²) in [4.78, 5) is 15.1. The summed E-state index contributed by atoms with van der Waals surface area (Å²) in [5.41, 5.74) is 0.206. The number of pyridine rings is 1. The van der Waals surface area contributed by atoms with Crippen molar-refractivity contribution in [1.29, 1.82) is 0 Å². The number of hydrogen-bond acceptors (Lipinski definition) is 3. The van der Waals surface area contributed by atoms with Gasteiger partial charge in [0.25, 0.3) is 5.91 Å². The van der Waals surface area contributed by atoms with E-state index in [1.807, 2.05) is 0 Å². The SMILES string of the molecule is CC(CCl)NC(=O)c1ccncc1O. The maximum absolute atomic E-state index is 11.5. The van der Waals surface area contributed by atoms with Crippen molar-refractivity contribution in [3.8, 4) is 5.75 Å². The minimum Gasteiger partial charge on any atom is -0.505 e. The van der Waals surface area contributed by atoms with Crippen LogP contribution in [-0.2, 0) is 0 Å². The van der Waals surface area contributed by atoms with Crippen molar-refractivity contribution >= 4 is 17.5 Å². The van der Waals surface area contributed by atoms with Crippen molar-refractivity contribution in [3.63, 3.8) is 0 Å². The predicted molar refractivity (Wildman–Crippen MR) is 53.6 cm³/mol. The lowest BCUT2D eigenvalue weighted by Gasteiger charge is -2.10. The number of carbonyl (C=O) groups is 1. The third-order valence-electron chi connectivity index (χ3n) is 1.65. The molecular weight excluding hydrogens is 204 g/mol. The number of alkyl halides is 1. The smallest absolute Gasteiger partial charge is 0.255 e. The Kier molecular flexibility index (Phi) is 3.71. The van der Waals surface area contributed by atoms with Gasteiger partial charge in [0.15, 0.2) is 0 Å². The molecule has 1 heterocycles. The van der Waals surface area contributed by atoms with Gasteiger partial charge in [-0.3, -0.25) is 9.78 Å². The highest BCUT2D eigenvalue weighted by Crippen LogP contribution is 2.13. The fraction of sp³-hybridized carbons (Fsp3) is 0.333. The van der Waals surface area contributed by atoms with Crippen LogP contribution in [0.3, 0.4) is 0 Å². The lowest BCUT2D eigenvalue weighted by Crippen LogP contribution is -2.33. The van der Waals surface area contributed by atoms with Crippen LogP contribution in [0.1, 0.15) is 17.3 Å². The highest BCUT2D eigenvalue weighted by Gasteiger charge is 2.12. The summed E-state index contributed by atoms with van der Waals surface area (Å²) in [5, 5.41) is 11.9. The second kappa shape index (κ2) is 4.81. The van der Waals surface area contributed by atoms with Crippen molar-refractivity contribution in [2.45, 2.75) is 13.0 Å². The van der Waals surface area contributed by atoms with Gasteiger partial charge < -0.3 is 10.4 Å². The van der Waals surface area contributed by atoms with Gasteiger partial charge in [-0.25, -0.2) is 0 Å². The van der Waals surface area contributed by atoms with Crippen molar-refractivity contribution in [2.75, 3.05) is 5.88 Å². The average Bonchev–Trinajstić information content (AvgIpc) is 2.18. The molecule has 0 fully saturated rings. The van der Waals surface area contributed by atoms with Gasteiger partial charge in [0.05, 0.1) is 11.8 Å². The number of halogens is 1. The molecule has 0 aliphatic rings. The fourth-order valence-electron chi connectivity index (χ4n) is 0.918. The van der Waals surface area contributed by atoms with Crippen LogP contribution in [0.5, 0.6) is 5.75 Å². The van der Waals surface area contributed by atoms with Gasteiger partial charge in [-0.05, 0) is 13.0 Å². The number of aromatic hydroxyl groups is 1. The molecule has 0 saturated heterocycles. The van der Waals surface area contributed by atoms with Crippen molar-refractivity contribution in [3.05, 3.63) is 24.0 Å². The second-order valence-corrected chi connectivity index (χ2v) is 3.23. The molecule has 5 heteroatoms. The van der Waals surface area contributed by atoms with E-state index < -0.39 is 0 Å². The molecule has 0 saturated carbocycles. The molecule has 1 aromatic heterocycles. The van der Waals surface area contributed by atoms with E-state index in [4.69, 9.17) is 11.6 Å². The Morgan fingerprint density at radius 3 is 3.07 bits per heavy atom. The monoisotopic (exact) mass is 214 g/mol. The summed E-state index contributed by atoms with van der Waals surface area (Å²) in [7, 11) is 0. The molecule has 0 bridgehead atoms. The van der Waals surface area contributed by atoms with Crippen LogP contribution in [-0.4, -0.2) is 27.9 Å². The molecule has 14 heavy (non-hydrogen) atoms.